The molecule has 0 fully saturated rings. The van der Waals surface area contributed by atoms with Crippen LogP contribution in [0.15, 0.2) is 0 Å². The van der Waals surface area contributed by atoms with Crippen LogP contribution in [-0.2, 0) is 28.6 Å². The topological polar surface area (TPSA) is 78.9 Å². The Hall–Kier alpha value is -1.43. The maximum absolute atomic E-state index is 11.9. The lowest BCUT2D eigenvalue weighted by atomic mass is 10.0. The summed E-state index contributed by atoms with van der Waals surface area (Å²) in [5.41, 5.74) is 0. The van der Waals surface area contributed by atoms with Crippen molar-refractivity contribution in [2.24, 2.45) is 5.92 Å². The molecule has 0 aromatic carbocycles. The lowest BCUT2D eigenvalue weighted by molar-refractivity contribution is -0.166. The molecular formula is C12H20O6. The third-order valence-electron chi connectivity index (χ3n) is 2.15. The van der Waals surface area contributed by atoms with Crippen molar-refractivity contribution in [3.8, 4) is 0 Å². The predicted molar refractivity (Wildman–Crippen MR) is 62.9 cm³/mol. The third kappa shape index (κ3) is 4.83. The van der Waals surface area contributed by atoms with Crippen molar-refractivity contribution >= 4 is 17.7 Å². The molecule has 0 aromatic rings. The van der Waals surface area contributed by atoms with E-state index in [1.807, 2.05) is 0 Å². The van der Waals surface area contributed by atoms with Gasteiger partial charge in [-0.1, -0.05) is 0 Å². The minimum Gasteiger partial charge on any atom is -0.465 e. The SMILES string of the molecule is CCOC(=O)C(C(=O)OCC)C(=O)C(C)OCC. The Morgan fingerprint density at radius 1 is 0.889 bits per heavy atom. The maximum atomic E-state index is 11.9. The van der Waals surface area contributed by atoms with Gasteiger partial charge in [-0.15, -0.1) is 0 Å². The first kappa shape index (κ1) is 16.6. The third-order valence-corrected chi connectivity index (χ3v) is 2.15. The van der Waals surface area contributed by atoms with Gasteiger partial charge in [-0.25, -0.2) is 0 Å². The molecule has 0 radical (unpaired) electrons. The molecule has 0 aliphatic carbocycles. The summed E-state index contributed by atoms with van der Waals surface area (Å²) in [7, 11) is 0. The molecule has 104 valence electrons. The van der Waals surface area contributed by atoms with Crippen LogP contribution in [0.2, 0.25) is 0 Å². The Labute approximate surface area is 107 Å². The van der Waals surface area contributed by atoms with E-state index >= 15 is 0 Å². The molecule has 0 bridgehead atoms. The Bertz CT molecular complexity index is 281. The number of hydrogen-bond acceptors (Lipinski definition) is 6. The van der Waals surface area contributed by atoms with Crippen molar-refractivity contribution in [2.45, 2.75) is 33.8 Å². The second-order valence-corrected chi connectivity index (χ2v) is 3.44. The van der Waals surface area contributed by atoms with Gasteiger partial charge in [0.2, 0.25) is 5.92 Å². The zero-order chi connectivity index (χ0) is 14.1. The number of Topliss-reactive ketones (excluding diaryl/α,β-unsaturated/α-hetero) is 1. The number of rotatable bonds is 8. The smallest absolute Gasteiger partial charge is 0.328 e. The van der Waals surface area contributed by atoms with Crippen LogP contribution in [0.4, 0.5) is 0 Å². The fourth-order valence-corrected chi connectivity index (χ4v) is 1.35. The summed E-state index contributed by atoms with van der Waals surface area (Å²) < 4.78 is 14.5. The lowest BCUT2D eigenvalue weighted by Gasteiger charge is -2.17. The van der Waals surface area contributed by atoms with Gasteiger partial charge in [0.25, 0.3) is 0 Å². The minimum absolute atomic E-state index is 0.0883. The number of carbonyl (C=O) groups excluding carboxylic acids is 3. The molecule has 1 atom stereocenters. The highest BCUT2D eigenvalue weighted by atomic mass is 16.6. The fraction of sp³-hybridized carbons (Fsp3) is 0.750. The Kier molecular flexibility index (Phi) is 7.94. The Morgan fingerprint density at radius 2 is 1.33 bits per heavy atom. The van der Waals surface area contributed by atoms with E-state index in [4.69, 9.17) is 14.2 Å². The van der Waals surface area contributed by atoms with Crippen LogP contribution in [-0.4, -0.2) is 43.6 Å². The van der Waals surface area contributed by atoms with Crippen molar-refractivity contribution in [3.05, 3.63) is 0 Å². The summed E-state index contributed by atoms with van der Waals surface area (Å²) in [4.78, 5) is 35.2. The second kappa shape index (κ2) is 8.63. The van der Waals surface area contributed by atoms with E-state index in [2.05, 4.69) is 0 Å². The van der Waals surface area contributed by atoms with Gasteiger partial charge in [-0.3, -0.25) is 14.4 Å². The van der Waals surface area contributed by atoms with Gasteiger partial charge in [0.1, 0.15) is 6.10 Å². The highest BCUT2D eigenvalue weighted by molar-refractivity contribution is 6.16. The van der Waals surface area contributed by atoms with Gasteiger partial charge >= 0.3 is 11.9 Å². The van der Waals surface area contributed by atoms with E-state index in [1.54, 1.807) is 20.8 Å². The summed E-state index contributed by atoms with van der Waals surface area (Å²) in [5.74, 6) is -4.00. The van der Waals surface area contributed by atoms with Gasteiger partial charge < -0.3 is 14.2 Å². The van der Waals surface area contributed by atoms with Crippen LogP contribution in [0.1, 0.15) is 27.7 Å². The van der Waals surface area contributed by atoms with Crippen LogP contribution in [0.3, 0.4) is 0 Å². The fourth-order valence-electron chi connectivity index (χ4n) is 1.35. The van der Waals surface area contributed by atoms with E-state index < -0.39 is 29.7 Å². The van der Waals surface area contributed by atoms with Gasteiger partial charge in [0.15, 0.2) is 5.78 Å². The molecule has 1 unspecified atom stereocenters. The molecule has 0 aliphatic heterocycles. The number of hydrogen-bond donors (Lipinski definition) is 0. The molecule has 0 rings (SSSR count). The van der Waals surface area contributed by atoms with Crippen molar-refractivity contribution in [1.82, 2.24) is 0 Å². The first-order valence-corrected chi connectivity index (χ1v) is 5.98. The zero-order valence-corrected chi connectivity index (χ0v) is 11.2. The molecule has 0 N–H and O–H groups in total. The molecule has 0 aliphatic rings. The highest BCUT2D eigenvalue weighted by Gasteiger charge is 2.39. The van der Waals surface area contributed by atoms with Crippen LogP contribution < -0.4 is 0 Å². The molecule has 0 aromatic heterocycles. The Balaban J connectivity index is 4.90. The van der Waals surface area contributed by atoms with Crippen molar-refractivity contribution in [1.29, 1.82) is 0 Å². The minimum atomic E-state index is -1.56. The van der Waals surface area contributed by atoms with E-state index in [9.17, 15) is 14.4 Å². The summed E-state index contributed by atoms with van der Waals surface area (Å²) in [6, 6.07) is 0. The first-order valence-electron chi connectivity index (χ1n) is 5.98. The molecule has 0 heterocycles. The number of carbonyl (C=O) groups is 3. The van der Waals surface area contributed by atoms with Crippen LogP contribution >= 0.6 is 0 Å². The number of ether oxygens (including phenoxy) is 3. The molecule has 0 spiro atoms. The summed E-state index contributed by atoms with van der Waals surface area (Å²) in [5, 5.41) is 0. The highest BCUT2D eigenvalue weighted by Crippen LogP contribution is 2.10. The van der Waals surface area contributed by atoms with E-state index in [0.29, 0.717) is 6.61 Å². The normalized spacial score (nSPS) is 12.1. The molecular weight excluding hydrogens is 240 g/mol. The number of ketones is 1. The standard InChI is InChI=1S/C12H20O6/c1-5-16-8(4)10(13)9(11(14)17-6-2)12(15)18-7-3/h8-9H,5-7H2,1-4H3. The molecule has 6 nitrogen and oxygen atoms in total. The Morgan fingerprint density at radius 3 is 1.67 bits per heavy atom. The zero-order valence-electron chi connectivity index (χ0n) is 11.2. The van der Waals surface area contributed by atoms with Crippen LogP contribution in [0, 0.1) is 5.92 Å². The van der Waals surface area contributed by atoms with Gasteiger partial charge in [-0.2, -0.15) is 0 Å². The summed E-state index contributed by atoms with van der Waals surface area (Å²) in [6.07, 6.45) is -0.853. The van der Waals surface area contributed by atoms with Gasteiger partial charge in [0, 0.05) is 6.61 Å². The van der Waals surface area contributed by atoms with Crippen molar-refractivity contribution < 1.29 is 28.6 Å². The van der Waals surface area contributed by atoms with E-state index in [0.717, 1.165) is 0 Å². The van der Waals surface area contributed by atoms with Crippen LogP contribution in [0.5, 0.6) is 0 Å². The van der Waals surface area contributed by atoms with Crippen LogP contribution in [0.25, 0.3) is 0 Å². The van der Waals surface area contributed by atoms with E-state index in [-0.39, 0.29) is 13.2 Å². The molecule has 0 saturated heterocycles. The maximum Gasteiger partial charge on any atom is 0.328 e. The predicted octanol–water partition coefficient (Wildman–Crippen LogP) is 0.723. The quantitative estimate of drug-likeness (QED) is 0.472. The second-order valence-electron chi connectivity index (χ2n) is 3.44. The summed E-state index contributed by atoms with van der Waals surface area (Å²) >= 11 is 0. The lowest BCUT2D eigenvalue weighted by Crippen LogP contribution is -2.40. The molecule has 0 saturated carbocycles. The average molecular weight is 260 g/mol. The van der Waals surface area contributed by atoms with Crippen molar-refractivity contribution in [3.63, 3.8) is 0 Å². The average Bonchev–Trinajstić information content (AvgIpc) is 2.30. The van der Waals surface area contributed by atoms with Gasteiger partial charge in [0.05, 0.1) is 13.2 Å². The van der Waals surface area contributed by atoms with Gasteiger partial charge in [-0.05, 0) is 27.7 Å². The largest absolute Gasteiger partial charge is 0.465 e. The summed E-state index contributed by atoms with van der Waals surface area (Å²) in [6.45, 7) is 6.87. The monoisotopic (exact) mass is 260 g/mol. The molecule has 0 amide bonds. The molecule has 18 heavy (non-hydrogen) atoms. The van der Waals surface area contributed by atoms with Crippen molar-refractivity contribution in [2.75, 3.05) is 19.8 Å². The molecule has 6 heteroatoms. The first-order chi connectivity index (χ1) is 8.49. The number of esters is 2. The van der Waals surface area contributed by atoms with E-state index in [1.165, 1.54) is 6.92 Å².